The Kier molecular flexibility index (Phi) is 4.40. The lowest BCUT2D eigenvalue weighted by molar-refractivity contribution is -0.117. The molecule has 2 fully saturated rings. The molecule has 1 atom stereocenters. The molecule has 1 unspecified atom stereocenters. The van der Waals surface area contributed by atoms with Crippen LogP contribution in [0.4, 0.5) is 10.5 Å². The Morgan fingerprint density at radius 3 is 2.80 bits per heavy atom. The fraction of sp³-hybridized carbons (Fsp3) is 0.600. The number of urea groups is 1. The number of nitrogens with zero attached hydrogens (tertiary/aromatic N) is 2. The quantitative estimate of drug-likeness (QED) is 0.919. The topological polar surface area (TPSA) is 52.7 Å². The van der Waals surface area contributed by atoms with E-state index >= 15 is 0 Å². The zero-order valence-electron chi connectivity index (χ0n) is 15.0. The SMILES string of the molecule is CN1C(=O)Cc2cc(CNC(=O)N3CCC(C4CCCC4)C3)ccc21. The Bertz CT molecular complexity index is 682. The van der Waals surface area contributed by atoms with E-state index in [0.717, 1.165) is 42.2 Å². The molecule has 5 nitrogen and oxygen atoms in total. The third kappa shape index (κ3) is 3.24. The number of fused-ring (bicyclic) bond motifs is 1. The van der Waals surface area contributed by atoms with Crippen molar-refractivity contribution in [2.24, 2.45) is 11.8 Å². The summed E-state index contributed by atoms with van der Waals surface area (Å²) in [6, 6.07) is 6.07. The van der Waals surface area contributed by atoms with Gasteiger partial charge in [-0.15, -0.1) is 0 Å². The lowest BCUT2D eigenvalue weighted by atomic mass is 9.90. The average molecular weight is 341 g/mol. The maximum atomic E-state index is 12.5. The number of likely N-dealkylation sites (N-methyl/N-ethyl adjacent to an activating group) is 1. The number of rotatable bonds is 3. The van der Waals surface area contributed by atoms with Crippen molar-refractivity contribution < 1.29 is 9.59 Å². The number of nitrogens with one attached hydrogen (secondary N) is 1. The number of hydrogen-bond acceptors (Lipinski definition) is 2. The minimum atomic E-state index is 0.0502. The van der Waals surface area contributed by atoms with Crippen LogP contribution in [-0.2, 0) is 17.8 Å². The molecule has 0 bridgehead atoms. The molecule has 3 aliphatic rings. The first-order valence-electron chi connectivity index (χ1n) is 9.53. The van der Waals surface area contributed by atoms with Crippen molar-refractivity contribution in [3.8, 4) is 0 Å². The molecule has 1 N–H and O–H groups in total. The molecule has 3 amide bonds. The van der Waals surface area contributed by atoms with E-state index in [1.54, 1.807) is 4.90 Å². The number of amides is 3. The van der Waals surface area contributed by atoms with Crippen LogP contribution >= 0.6 is 0 Å². The van der Waals surface area contributed by atoms with E-state index in [4.69, 9.17) is 0 Å². The van der Waals surface area contributed by atoms with Crippen molar-refractivity contribution in [1.29, 1.82) is 0 Å². The van der Waals surface area contributed by atoms with Gasteiger partial charge in [-0.1, -0.05) is 37.8 Å². The van der Waals surface area contributed by atoms with Crippen LogP contribution in [0.2, 0.25) is 0 Å². The van der Waals surface area contributed by atoms with Gasteiger partial charge in [0.15, 0.2) is 0 Å². The fourth-order valence-electron chi connectivity index (χ4n) is 4.71. The Hall–Kier alpha value is -2.04. The van der Waals surface area contributed by atoms with Gasteiger partial charge in [-0.05, 0) is 35.4 Å². The predicted octanol–water partition coefficient (Wildman–Crippen LogP) is 2.93. The third-order valence-electron chi connectivity index (χ3n) is 6.24. The van der Waals surface area contributed by atoms with Gasteiger partial charge >= 0.3 is 6.03 Å². The van der Waals surface area contributed by atoms with Crippen LogP contribution < -0.4 is 10.2 Å². The molecule has 1 aliphatic carbocycles. The molecular weight excluding hydrogens is 314 g/mol. The number of anilines is 1. The predicted molar refractivity (Wildman–Crippen MR) is 97.4 cm³/mol. The van der Waals surface area contributed by atoms with Crippen LogP contribution in [0.25, 0.3) is 0 Å². The highest BCUT2D eigenvalue weighted by atomic mass is 16.2. The van der Waals surface area contributed by atoms with Crippen molar-refractivity contribution in [2.45, 2.75) is 45.1 Å². The smallest absolute Gasteiger partial charge is 0.317 e. The van der Waals surface area contributed by atoms with Gasteiger partial charge in [-0.3, -0.25) is 4.79 Å². The summed E-state index contributed by atoms with van der Waals surface area (Å²) in [5.74, 6) is 1.67. The second kappa shape index (κ2) is 6.70. The van der Waals surface area contributed by atoms with Gasteiger partial charge in [-0.25, -0.2) is 4.79 Å². The lowest BCUT2D eigenvalue weighted by Gasteiger charge is -2.20. The highest BCUT2D eigenvalue weighted by Gasteiger charge is 2.33. The minimum absolute atomic E-state index is 0.0502. The van der Waals surface area contributed by atoms with E-state index in [0.29, 0.717) is 18.9 Å². The van der Waals surface area contributed by atoms with E-state index in [1.165, 1.54) is 25.7 Å². The first-order chi connectivity index (χ1) is 12.1. The van der Waals surface area contributed by atoms with Gasteiger partial charge in [0, 0.05) is 32.4 Å². The highest BCUT2D eigenvalue weighted by molar-refractivity contribution is 6.00. The number of benzene rings is 1. The van der Waals surface area contributed by atoms with Gasteiger partial charge in [0.05, 0.1) is 6.42 Å². The second-order valence-corrected chi connectivity index (χ2v) is 7.79. The molecule has 2 heterocycles. The Labute approximate surface area is 149 Å². The molecule has 1 aromatic carbocycles. The summed E-state index contributed by atoms with van der Waals surface area (Å²) < 4.78 is 0. The van der Waals surface area contributed by atoms with Crippen molar-refractivity contribution in [3.63, 3.8) is 0 Å². The molecule has 0 radical (unpaired) electrons. The zero-order chi connectivity index (χ0) is 17.4. The molecule has 1 saturated heterocycles. The molecule has 5 heteroatoms. The van der Waals surface area contributed by atoms with Crippen LogP contribution in [0, 0.1) is 11.8 Å². The molecule has 4 rings (SSSR count). The number of carbonyl (C=O) groups is 2. The summed E-state index contributed by atoms with van der Waals surface area (Å²) >= 11 is 0. The molecule has 0 aromatic heterocycles. The van der Waals surface area contributed by atoms with Crippen molar-refractivity contribution in [3.05, 3.63) is 29.3 Å². The number of hydrogen-bond donors (Lipinski definition) is 1. The Balaban J connectivity index is 1.31. The first-order valence-corrected chi connectivity index (χ1v) is 9.53. The van der Waals surface area contributed by atoms with Crippen LogP contribution in [0.1, 0.15) is 43.2 Å². The van der Waals surface area contributed by atoms with E-state index in [9.17, 15) is 9.59 Å². The summed E-state index contributed by atoms with van der Waals surface area (Å²) in [4.78, 5) is 27.9. The lowest BCUT2D eigenvalue weighted by Crippen LogP contribution is -2.38. The maximum absolute atomic E-state index is 12.5. The third-order valence-corrected chi connectivity index (χ3v) is 6.24. The normalized spacial score (nSPS) is 23.4. The molecule has 1 saturated carbocycles. The largest absolute Gasteiger partial charge is 0.334 e. The number of likely N-dealkylation sites (tertiary alicyclic amines) is 1. The Morgan fingerprint density at radius 2 is 2.00 bits per heavy atom. The van der Waals surface area contributed by atoms with Crippen molar-refractivity contribution in [2.75, 3.05) is 25.0 Å². The van der Waals surface area contributed by atoms with Gasteiger partial charge < -0.3 is 15.1 Å². The standard InChI is InChI=1S/C20H27N3O2/c1-22-18-7-6-14(10-17(18)11-19(22)24)12-21-20(25)23-9-8-16(13-23)15-4-2-3-5-15/h6-7,10,15-16H,2-5,8-9,11-13H2,1H3,(H,21,25). The summed E-state index contributed by atoms with van der Waals surface area (Å²) in [7, 11) is 1.81. The zero-order valence-corrected chi connectivity index (χ0v) is 15.0. The molecule has 25 heavy (non-hydrogen) atoms. The summed E-state index contributed by atoms with van der Waals surface area (Å²) in [6.45, 7) is 2.32. The fourth-order valence-corrected chi connectivity index (χ4v) is 4.71. The maximum Gasteiger partial charge on any atom is 0.317 e. The van der Waals surface area contributed by atoms with Crippen molar-refractivity contribution in [1.82, 2.24) is 10.2 Å². The second-order valence-electron chi connectivity index (χ2n) is 7.79. The number of carbonyl (C=O) groups excluding carboxylic acids is 2. The van der Waals surface area contributed by atoms with Crippen molar-refractivity contribution >= 4 is 17.6 Å². The van der Waals surface area contributed by atoms with E-state index in [-0.39, 0.29) is 11.9 Å². The van der Waals surface area contributed by atoms with Gasteiger partial charge in [0.1, 0.15) is 0 Å². The van der Waals surface area contributed by atoms with Gasteiger partial charge in [0.2, 0.25) is 5.91 Å². The summed E-state index contributed by atoms with van der Waals surface area (Å²) in [6.07, 6.45) is 7.05. The van der Waals surface area contributed by atoms with Gasteiger partial charge in [0.25, 0.3) is 0 Å². The summed E-state index contributed by atoms with van der Waals surface area (Å²) in [5, 5.41) is 3.05. The van der Waals surface area contributed by atoms with E-state index in [1.807, 2.05) is 30.1 Å². The first kappa shape index (κ1) is 16.4. The monoisotopic (exact) mass is 341 g/mol. The molecule has 2 aliphatic heterocycles. The van der Waals surface area contributed by atoms with E-state index in [2.05, 4.69) is 5.32 Å². The summed E-state index contributed by atoms with van der Waals surface area (Å²) in [5.41, 5.74) is 3.10. The highest BCUT2D eigenvalue weighted by Crippen LogP contribution is 2.36. The van der Waals surface area contributed by atoms with Gasteiger partial charge in [-0.2, -0.15) is 0 Å². The van der Waals surface area contributed by atoms with Crippen LogP contribution in [0.15, 0.2) is 18.2 Å². The Morgan fingerprint density at radius 1 is 1.20 bits per heavy atom. The minimum Gasteiger partial charge on any atom is -0.334 e. The average Bonchev–Trinajstić information content (AvgIpc) is 3.33. The molecule has 0 spiro atoms. The molecule has 1 aromatic rings. The molecule has 134 valence electrons. The van der Waals surface area contributed by atoms with E-state index < -0.39 is 0 Å². The van der Waals surface area contributed by atoms with Crippen LogP contribution in [0.3, 0.4) is 0 Å². The van der Waals surface area contributed by atoms with Crippen LogP contribution in [0.5, 0.6) is 0 Å². The molecular formula is C20H27N3O2. The van der Waals surface area contributed by atoms with Crippen LogP contribution in [-0.4, -0.2) is 37.0 Å².